The van der Waals surface area contributed by atoms with Gasteiger partial charge >= 0.3 is 0 Å². The highest BCUT2D eigenvalue weighted by Crippen LogP contribution is 2.09. The van der Waals surface area contributed by atoms with Crippen molar-refractivity contribution in [1.82, 2.24) is 5.32 Å². The Balaban J connectivity index is 2.04. The van der Waals surface area contributed by atoms with Crippen LogP contribution in [-0.2, 0) is 4.79 Å². The molecule has 2 aromatic rings. The summed E-state index contributed by atoms with van der Waals surface area (Å²) < 4.78 is 26.3. The third-order valence-corrected chi connectivity index (χ3v) is 3.26. The minimum atomic E-state index is -0.983. The van der Waals surface area contributed by atoms with E-state index in [0.29, 0.717) is 6.07 Å². The summed E-state index contributed by atoms with van der Waals surface area (Å²) in [5.41, 5.74) is 5.98. The van der Waals surface area contributed by atoms with Gasteiger partial charge < -0.3 is 11.1 Å². The largest absolute Gasteiger partial charge is 0.368 e. The van der Waals surface area contributed by atoms with Crippen LogP contribution in [-0.4, -0.2) is 17.9 Å². The average Bonchev–Trinajstić information content (AvgIpc) is 2.53. The summed E-state index contributed by atoms with van der Waals surface area (Å²) in [6.07, 6.45) is 3.63. The van der Waals surface area contributed by atoms with E-state index in [2.05, 4.69) is 5.32 Å². The van der Waals surface area contributed by atoms with Crippen LogP contribution in [0.5, 0.6) is 0 Å². The van der Waals surface area contributed by atoms with Gasteiger partial charge in [0.2, 0.25) is 5.91 Å². The van der Waals surface area contributed by atoms with Crippen LogP contribution in [0.1, 0.15) is 22.3 Å². The highest BCUT2D eigenvalue weighted by Gasteiger charge is 2.18. The van der Waals surface area contributed by atoms with Crippen molar-refractivity contribution in [2.24, 2.45) is 5.73 Å². The monoisotopic (exact) mass is 330 g/mol. The van der Waals surface area contributed by atoms with Crippen LogP contribution in [0.3, 0.4) is 0 Å². The van der Waals surface area contributed by atoms with E-state index in [1.165, 1.54) is 0 Å². The second kappa shape index (κ2) is 8.01. The van der Waals surface area contributed by atoms with Crippen molar-refractivity contribution < 1.29 is 18.4 Å². The zero-order valence-corrected chi connectivity index (χ0v) is 12.7. The zero-order chi connectivity index (χ0) is 17.5. The molecule has 2 amide bonds. The molecule has 0 saturated carbocycles. The Morgan fingerprint density at radius 2 is 1.71 bits per heavy atom. The van der Waals surface area contributed by atoms with E-state index in [4.69, 9.17) is 5.73 Å². The van der Waals surface area contributed by atoms with Crippen molar-refractivity contribution in [1.29, 1.82) is 0 Å². The molecule has 0 unspecified atom stereocenters. The molecule has 2 aromatic carbocycles. The summed E-state index contributed by atoms with van der Waals surface area (Å²) >= 11 is 0. The topological polar surface area (TPSA) is 72.2 Å². The van der Waals surface area contributed by atoms with E-state index in [0.717, 1.165) is 17.7 Å². The first-order valence-electron chi connectivity index (χ1n) is 7.23. The molecule has 4 nitrogen and oxygen atoms in total. The minimum Gasteiger partial charge on any atom is -0.368 e. The summed E-state index contributed by atoms with van der Waals surface area (Å²) in [6, 6.07) is 10.8. The van der Waals surface area contributed by atoms with E-state index >= 15 is 0 Å². The van der Waals surface area contributed by atoms with Gasteiger partial charge in [-0.15, -0.1) is 0 Å². The summed E-state index contributed by atoms with van der Waals surface area (Å²) in [5, 5.41) is 2.38. The van der Waals surface area contributed by atoms with Crippen molar-refractivity contribution in [2.45, 2.75) is 12.5 Å². The number of rotatable bonds is 6. The lowest BCUT2D eigenvalue weighted by molar-refractivity contribution is -0.119. The maximum Gasteiger partial charge on any atom is 0.252 e. The molecule has 0 bridgehead atoms. The molecule has 3 N–H and O–H groups in total. The van der Waals surface area contributed by atoms with Crippen molar-refractivity contribution in [3.8, 4) is 0 Å². The molecule has 0 spiro atoms. The number of nitrogens with two attached hydrogens (primary N) is 1. The van der Waals surface area contributed by atoms with Gasteiger partial charge in [-0.3, -0.25) is 9.59 Å². The molecule has 0 aliphatic rings. The molecular weight excluding hydrogens is 314 g/mol. The fourth-order valence-corrected chi connectivity index (χ4v) is 2.08. The molecule has 0 aliphatic heterocycles. The first kappa shape index (κ1) is 17.3. The molecule has 0 saturated heterocycles. The summed E-state index contributed by atoms with van der Waals surface area (Å²) in [5.74, 6) is -3.26. The van der Waals surface area contributed by atoms with Crippen LogP contribution < -0.4 is 11.1 Å². The van der Waals surface area contributed by atoms with Gasteiger partial charge in [0.25, 0.3) is 5.91 Å². The average molecular weight is 330 g/mol. The Morgan fingerprint density at radius 1 is 1.08 bits per heavy atom. The predicted octanol–water partition coefficient (Wildman–Crippen LogP) is 2.65. The third-order valence-electron chi connectivity index (χ3n) is 3.26. The Hall–Kier alpha value is -3.02. The quantitative estimate of drug-likeness (QED) is 0.855. The minimum absolute atomic E-state index is 0.160. The van der Waals surface area contributed by atoms with E-state index in [-0.39, 0.29) is 12.0 Å². The van der Waals surface area contributed by atoms with E-state index in [1.54, 1.807) is 12.2 Å². The first-order chi connectivity index (χ1) is 11.5. The smallest absolute Gasteiger partial charge is 0.252 e. The lowest BCUT2D eigenvalue weighted by Crippen LogP contribution is -2.44. The lowest BCUT2D eigenvalue weighted by atomic mass is 10.1. The van der Waals surface area contributed by atoms with Gasteiger partial charge in [-0.25, -0.2) is 8.78 Å². The zero-order valence-electron chi connectivity index (χ0n) is 12.7. The Labute approximate surface area is 138 Å². The summed E-state index contributed by atoms with van der Waals surface area (Å²) in [6.45, 7) is 0. The van der Waals surface area contributed by atoms with Crippen molar-refractivity contribution in [2.75, 3.05) is 0 Å². The van der Waals surface area contributed by atoms with Crippen LogP contribution in [0.25, 0.3) is 6.08 Å². The number of hydrogen-bond donors (Lipinski definition) is 2. The van der Waals surface area contributed by atoms with Gasteiger partial charge in [0.05, 0.1) is 0 Å². The van der Waals surface area contributed by atoms with E-state index in [1.807, 2.05) is 30.3 Å². The molecule has 124 valence electrons. The van der Waals surface area contributed by atoms with Gasteiger partial charge in [-0.2, -0.15) is 0 Å². The Bertz CT molecular complexity index is 741. The van der Waals surface area contributed by atoms with Gasteiger partial charge in [-0.1, -0.05) is 42.5 Å². The lowest BCUT2D eigenvalue weighted by Gasteiger charge is -2.13. The third kappa shape index (κ3) is 5.01. The number of halogens is 2. The second-order valence-electron chi connectivity index (χ2n) is 5.14. The van der Waals surface area contributed by atoms with Crippen LogP contribution in [0.4, 0.5) is 8.78 Å². The number of carbonyl (C=O) groups is 2. The molecule has 1 atom stereocenters. The predicted molar refractivity (Wildman–Crippen MR) is 86.9 cm³/mol. The fourth-order valence-electron chi connectivity index (χ4n) is 2.08. The maximum atomic E-state index is 13.2. The van der Waals surface area contributed by atoms with E-state index in [9.17, 15) is 18.4 Å². The van der Waals surface area contributed by atoms with E-state index < -0.39 is 29.5 Å². The number of carbonyl (C=O) groups excluding carboxylic acids is 2. The number of hydrogen-bond acceptors (Lipinski definition) is 2. The number of amides is 2. The standard InChI is InChI=1S/C18H16F2N2O2/c19-14-9-13(10-15(20)11-14)18(24)22-16(17(21)23)8-4-7-12-5-2-1-3-6-12/h1-7,9-11,16H,8H2,(H2,21,23)(H,22,24)/b7-4+/t16-/m0/s1. The molecular formula is C18H16F2N2O2. The molecule has 0 radical (unpaired) electrons. The maximum absolute atomic E-state index is 13.2. The molecule has 0 fully saturated rings. The Morgan fingerprint density at radius 3 is 2.29 bits per heavy atom. The van der Waals surface area contributed by atoms with Crippen molar-refractivity contribution in [3.63, 3.8) is 0 Å². The number of primary amides is 1. The summed E-state index contributed by atoms with van der Waals surface area (Å²) in [7, 11) is 0. The van der Waals surface area contributed by atoms with Crippen LogP contribution in [0.2, 0.25) is 0 Å². The number of nitrogens with one attached hydrogen (secondary N) is 1. The highest BCUT2D eigenvalue weighted by molar-refractivity contribution is 5.97. The fraction of sp³-hybridized carbons (Fsp3) is 0.111. The first-order valence-corrected chi connectivity index (χ1v) is 7.23. The second-order valence-corrected chi connectivity index (χ2v) is 5.14. The molecule has 24 heavy (non-hydrogen) atoms. The van der Waals surface area contributed by atoms with Crippen LogP contribution in [0, 0.1) is 11.6 Å². The van der Waals surface area contributed by atoms with Gasteiger partial charge in [0, 0.05) is 11.6 Å². The molecule has 6 heteroatoms. The van der Waals surface area contributed by atoms with Gasteiger partial charge in [0.1, 0.15) is 17.7 Å². The van der Waals surface area contributed by atoms with Crippen LogP contribution >= 0.6 is 0 Å². The molecule has 0 aromatic heterocycles. The molecule has 0 heterocycles. The molecule has 0 aliphatic carbocycles. The van der Waals surface area contributed by atoms with Gasteiger partial charge in [0.15, 0.2) is 0 Å². The normalized spacial score (nSPS) is 12.1. The van der Waals surface area contributed by atoms with Crippen molar-refractivity contribution >= 4 is 17.9 Å². The SMILES string of the molecule is NC(=O)[C@H](C/C=C/c1ccccc1)NC(=O)c1cc(F)cc(F)c1. The highest BCUT2D eigenvalue weighted by atomic mass is 19.1. The van der Waals surface area contributed by atoms with Gasteiger partial charge in [-0.05, 0) is 24.1 Å². The van der Waals surface area contributed by atoms with Crippen LogP contribution in [0.15, 0.2) is 54.6 Å². The van der Waals surface area contributed by atoms with Crippen molar-refractivity contribution in [3.05, 3.63) is 77.4 Å². The summed E-state index contributed by atoms with van der Waals surface area (Å²) in [4.78, 5) is 23.5. The molecule has 2 rings (SSSR count). The number of benzene rings is 2. The Kier molecular flexibility index (Phi) is 5.78.